The summed E-state index contributed by atoms with van der Waals surface area (Å²) in [6, 6.07) is 3.87. The molecule has 1 aromatic carbocycles. The van der Waals surface area contributed by atoms with Gasteiger partial charge in [-0.05, 0) is 56.5 Å². The van der Waals surface area contributed by atoms with Gasteiger partial charge in [-0.2, -0.15) is 0 Å². The zero-order valence-corrected chi connectivity index (χ0v) is 9.61. The Bertz CT molecular complexity index is 347. The lowest BCUT2D eigenvalue weighted by molar-refractivity contribution is 0.239. The fourth-order valence-electron chi connectivity index (χ4n) is 1.55. The number of ether oxygens (including phenoxy) is 1. The summed E-state index contributed by atoms with van der Waals surface area (Å²) >= 11 is 0. The quantitative estimate of drug-likeness (QED) is 0.470. The van der Waals surface area contributed by atoms with Crippen LogP contribution in [-0.4, -0.2) is 17.5 Å². The van der Waals surface area contributed by atoms with Crippen molar-refractivity contribution in [3.63, 3.8) is 0 Å². The highest BCUT2D eigenvalue weighted by molar-refractivity contribution is 5.80. The van der Waals surface area contributed by atoms with Gasteiger partial charge in [0, 0.05) is 0 Å². The maximum atomic E-state index is 8.45. The van der Waals surface area contributed by atoms with Crippen LogP contribution >= 0.6 is 0 Å². The molecule has 3 heteroatoms. The van der Waals surface area contributed by atoms with Crippen molar-refractivity contribution in [2.75, 3.05) is 0 Å². The van der Waals surface area contributed by atoms with E-state index in [4.69, 9.17) is 9.94 Å². The van der Waals surface area contributed by atoms with Crippen LogP contribution in [0.2, 0.25) is 0 Å². The normalized spacial score (nSPS) is 11.3. The van der Waals surface area contributed by atoms with Gasteiger partial charge in [0.25, 0.3) is 0 Å². The summed E-state index contributed by atoms with van der Waals surface area (Å²) in [4.78, 5) is 0. The molecule has 15 heavy (non-hydrogen) atoms. The molecule has 0 amide bonds. The molecule has 1 aromatic rings. The molecule has 3 nitrogen and oxygen atoms in total. The van der Waals surface area contributed by atoms with Crippen molar-refractivity contribution in [3.05, 3.63) is 28.8 Å². The summed E-state index contributed by atoms with van der Waals surface area (Å²) in [6.45, 7) is 7.98. The number of rotatable bonds is 3. The van der Waals surface area contributed by atoms with Crippen molar-refractivity contribution in [2.24, 2.45) is 5.16 Å². The molecule has 82 valence electrons. The molecule has 0 radical (unpaired) electrons. The highest BCUT2D eigenvalue weighted by Gasteiger charge is 2.07. The van der Waals surface area contributed by atoms with Crippen LogP contribution in [0.1, 0.15) is 30.5 Å². The van der Waals surface area contributed by atoms with Crippen LogP contribution in [0.5, 0.6) is 5.75 Å². The first-order valence-electron chi connectivity index (χ1n) is 5.00. The average Bonchev–Trinajstić information content (AvgIpc) is 2.11. The van der Waals surface area contributed by atoms with E-state index < -0.39 is 0 Å². The van der Waals surface area contributed by atoms with Gasteiger partial charge < -0.3 is 9.94 Å². The molecule has 0 atom stereocenters. The van der Waals surface area contributed by atoms with Crippen LogP contribution in [0.25, 0.3) is 0 Å². The van der Waals surface area contributed by atoms with Gasteiger partial charge in [0.2, 0.25) is 0 Å². The van der Waals surface area contributed by atoms with E-state index in [1.165, 1.54) is 6.21 Å². The largest absolute Gasteiger partial charge is 0.490 e. The first kappa shape index (κ1) is 11.6. The summed E-state index contributed by atoms with van der Waals surface area (Å²) in [5, 5.41) is 11.5. The Morgan fingerprint density at radius 1 is 1.27 bits per heavy atom. The lowest BCUT2D eigenvalue weighted by atomic mass is 10.1. The molecule has 1 rings (SSSR count). The van der Waals surface area contributed by atoms with Crippen LogP contribution in [0.4, 0.5) is 0 Å². The first-order chi connectivity index (χ1) is 7.04. The fourth-order valence-corrected chi connectivity index (χ4v) is 1.55. The Hall–Kier alpha value is -1.51. The Labute approximate surface area is 90.4 Å². The molecular weight excluding hydrogens is 190 g/mol. The molecule has 0 aromatic heterocycles. The van der Waals surface area contributed by atoms with Gasteiger partial charge in [0.15, 0.2) is 0 Å². The van der Waals surface area contributed by atoms with Gasteiger partial charge in [-0.3, -0.25) is 0 Å². The predicted molar refractivity (Wildman–Crippen MR) is 61.1 cm³/mol. The van der Waals surface area contributed by atoms with E-state index in [9.17, 15) is 0 Å². The predicted octanol–water partition coefficient (Wildman–Crippen LogP) is 2.90. The lowest BCUT2D eigenvalue weighted by Gasteiger charge is -2.15. The second-order valence-electron chi connectivity index (χ2n) is 3.90. The minimum absolute atomic E-state index is 0.166. The second kappa shape index (κ2) is 4.82. The van der Waals surface area contributed by atoms with Crippen LogP contribution in [-0.2, 0) is 0 Å². The van der Waals surface area contributed by atoms with Crippen LogP contribution in [0, 0.1) is 13.8 Å². The highest BCUT2D eigenvalue weighted by atomic mass is 16.5. The van der Waals surface area contributed by atoms with Crippen molar-refractivity contribution in [1.82, 2.24) is 0 Å². The van der Waals surface area contributed by atoms with Gasteiger partial charge in [-0.15, -0.1) is 0 Å². The van der Waals surface area contributed by atoms with Crippen LogP contribution in [0.15, 0.2) is 17.3 Å². The number of nitrogens with zero attached hydrogens (tertiary/aromatic N) is 1. The zero-order chi connectivity index (χ0) is 11.4. The summed E-state index contributed by atoms with van der Waals surface area (Å²) < 4.78 is 5.70. The van der Waals surface area contributed by atoms with E-state index in [-0.39, 0.29) is 6.10 Å². The third kappa shape index (κ3) is 2.98. The Balaban J connectivity index is 3.09. The van der Waals surface area contributed by atoms with E-state index >= 15 is 0 Å². The summed E-state index contributed by atoms with van der Waals surface area (Å²) in [5.41, 5.74) is 2.99. The molecule has 0 spiro atoms. The first-order valence-corrected chi connectivity index (χ1v) is 5.00. The monoisotopic (exact) mass is 207 g/mol. The molecule has 0 aliphatic carbocycles. The molecule has 0 saturated carbocycles. The van der Waals surface area contributed by atoms with Crippen molar-refractivity contribution >= 4 is 6.21 Å². The number of hydrogen-bond acceptors (Lipinski definition) is 3. The van der Waals surface area contributed by atoms with E-state index in [1.807, 2.05) is 39.8 Å². The maximum absolute atomic E-state index is 8.45. The topological polar surface area (TPSA) is 41.8 Å². The standard InChI is InChI=1S/C12H17NO2/c1-8(2)15-12-9(3)5-11(7-13-14)6-10(12)4/h5-8,14H,1-4H3/b13-7+. The second-order valence-corrected chi connectivity index (χ2v) is 3.90. The van der Waals surface area contributed by atoms with Gasteiger partial charge in [-0.25, -0.2) is 0 Å². The van der Waals surface area contributed by atoms with Gasteiger partial charge >= 0.3 is 0 Å². The molecule has 0 saturated heterocycles. The SMILES string of the molecule is Cc1cc(/C=N/O)cc(C)c1OC(C)C. The van der Waals surface area contributed by atoms with Crippen molar-refractivity contribution < 1.29 is 9.94 Å². The van der Waals surface area contributed by atoms with Crippen LogP contribution in [0.3, 0.4) is 0 Å². The maximum Gasteiger partial charge on any atom is 0.125 e. The van der Waals surface area contributed by atoms with Gasteiger partial charge in [0.1, 0.15) is 5.75 Å². The Morgan fingerprint density at radius 3 is 2.20 bits per heavy atom. The molecule has 0 aliphatic heterocycles. The van der Waals surface area contributed by atoms with Crippen molar-refractivity contribution in [1.29, 1.82) is 0 Å². The fraction of sp³-hybridized carbons (Fsp3) is 0.417. The number of hydrogen-bond donors (Lipinski definition) is 1. The Morgan fingerprint density at radius 2 is 1.80 bits per heavy atom. The molecule has 0 heterocycles. The van der Waals surface area contributed by atoms with Crippen molar-refractivity contribution in [2.45, 2.75) is 33.8 Å². The van der Waals surface area contributed by atoms with E-state index in [0.29, 0.717) is 0 Å². The molecule has 0 fully saturated rings. The van der Waals surface area contributed by atoms with E-state index in [0.717, 1.165) is 22.4 Å². The third-order valence-electron chi connectivity index (χ3n) is 2.04. The lowest BCUT2D eigenvalue weighted by Crippen LogP contribution is -2.08. The van der Waals surface area contributed by atoms with Gasteiger partial charge in [0.05, 0.1) is 12.3 Å². The minimum atomic E-state index is 0.166. The van der Waals surface area contributed by atoms with Crippen LogP contribution < -0.4 is 4.74 Å². The van der Waals surface area contributed by atoms with E-state index in [1.54, 1.807) is 0 Å². The molecule has 0 aliphatic rings. The summed E-state index contributed by atoms with van der Waals surface area (Å²) in [5.74, 6) is 0.917. The number of oxime groups is 1. The van der Waals surface area contributed by atoms with Crippen molar-refractivity contribution in [3.8, 4) is 5.75 Å². The third-order valence-corrected chi connectivity index (χ3v) is 2.04. The average molecular weight is 207 g/mol. The molecule has 1 N–H and O–H groups in total. The summed E-state index contributed by atoms with van der Waals surface area (Å²) in [7, 11) is 0. The number of benzene rings is 1. The molecule has 0 unspecified atom stereocenters. The molecular formula is C12H17NO2. The minimum Gasteiger partial charge on any atom is -0.490 e. The Kier molecular flexibility index (Phi) is 3.72. The highest BCUT2D eigenvalue weighted by Crippen LogP contribution is 2.25. The smallest absolute Gasteiger partial charge is 0.125 e. The molecule has 0 bridgehead atoms. The summed E-state index contributed by atoms with van der Waals surface area (Å²) in [6.07, 6.45) is 1.58. The van der Waals surface area contributed by atoms with Gasteiger partial charge in [-0.1, -0.05) is 5.16 Å². The zero-order valence-electron chi connectivity index (χ0n) is 9.61. The van der Waals surface area contributed by atoms with E-state index in [2.05, 4.69) is 5.16 Å². The number of aryl methyl sites for hydroxylation is 2.